The standard InChI is InChI=1S/C16H20N2O4/c1-16(2,3)14-11(8-17-18-14)10-6-9(15(19)20)7-12(21-4)13(10)22-5/h6-8H,1-5H3,(H,17,18)(H,19,20). The molecule has 2 rings (SSSR count). The van der Waals surface area contributed by atoms with E-state index in [-0.39, 0.29) is 11.0 Å². The molecule has 118 valence electrons. The number of aromatic carboxylic acids is 1. The summed E-state index contributed by atoms with van der Waals surface area (Å²) < 4.78 is 10.7. The van der Waals surface area contributed by atoms with Crippen LogP contribution in [-0.2, 0) is 5.41 Å². The second-order valence-corrected chi connectivity index (χ2v) is 5.97. The average Bonchev–Trinajstić information content (AvgIpc) is 2.94. The van der Waals surface area contributed by atoms with Crippen LogP contribution in [0.4, 0.5) is 0 Å². The molecule has 0 saturated carbocycles. The predicted octanol–water partition coefficient (Wildman–Crippen LogP) is 3.09. The van der Waals surface area contributed by atoms with Gasteiger partial charge in [0, 0.05) is 22.2 Å². The quantitative estimate of drug-likeness (QED) is 0.906. The van der Waals surface area contributed by atoms with Crippen LogP contribution in [0.25, 0.3) is 11.1 Å². The van der Waals surface area contributed by atoms with Gasteiger partial charge < -0.3 is 14.6 Å². The van der Waals surface area contributed by atoms with Crippen molar-refractivity contribution in [3.63, 3.8) is 0 Å². The van der Waals surface area contributed by atoms with Gasteiger partial charge in [-0.3, -0.25) is 5.10 Å². The number of nitrogens with zero attached hydrogens (tertiary/aromatic N) is 1. The molecular formula is C16H20N2O4. The van der Waals surface area contributed by atoms with Crippen LogP contribution in [-0.4, -0.2) is 35.5 Å². The second-order valence-electron chi connectivity index (χ2n) is 5.97. The molecule has 22 heavy (non-hydrogen) atoms. The lowest BCUT2D eigenvalue weighted by Gasteiger charge is -2.20. The zero-order chi connectivity index (χ0) is 16.5. The van der Waals surface area contributed by atoms with E-state index >= 15 is 0 Å². The first-order chi connectivity index (χ1) is 10.3. The van der Waals surface area contributed by atoms with E-state index in [2.05, 4.69) is 31.0 Å². The second kappa shape index (κ2) is 5.71. The Kier molecular flexibility index (Phi) is 4.12. The molecule has 0 radical (unpaired) electrons. The van der Waals surface area contributed by atoms with Gasteiger partial charge in [-0.2, -0.15) is 5.10 Å². The number of ether oxygens (including phenoxy) is 2. The van der Waals surface area contributed by atoms with Crippen molar-refractivity contribution in [2.45, 2.75) is 26.2 Å². The Morgan fingerprint density at radius 3 is 2.36 bits per heavy atom. The molecule has 0 saturated heterocycles. The van der Waals surface area contributed by atoms with Gasteiger partial charge in [-0.25, -0.2) is 4.79 Å². The fourth-order valence-electron chi connectivity index (χ4n) is 2.35. The van der Waals surface area contributed by atoms with E-state index in [4.69, 9.17) is 9.47 Å². The van der Waals surface area contributed by atoms with Crippen LogP contribution >= 0.6 is 0 Å². The molecule has 0 spiro atoms. The minimum Gasteiger partial charge on any atom is -0.493 e. The fourth-order valence-corrected chi connectivity index (χ4v) is 2.35. The molecular weight excluding hydrogens is 284 g/mol. The van der Waals surface area contributed by atoms with Gasteiger partial charge in [-0.05, 0) is 12.1 Å². The van der Waals surface area contributed by atoms with Gasteiger partial charge >= 0.3 is 5.97 Å². The molecule has 6 nitrogen and oxygen atoms in total. The van der Waals surface area contributed by atoms with E-state index in [1.165, 1.54) is 20.3 Å². The zero-order valence-corrected chi connectivity index (χ0v) is 13.4. The first-order valence-corrected chi connectivity index (χ1v) is 6.83. The molecule has 0 bridgehead atoms. The summed E-state index contributed by atoms with van der Waals surface area (Å²) in [6.07, 6.45) is 1.67. The predicted molar refractivity (Wildman–Crippen MR) is 82.8 cm³/mol. The molecule has 1 heterocycles. The number of carboxylic acid groups (broad SMARTS) is 1. The molecule has 0 aliphatic heterocycles. The van der Waals surface area contributed by atoms with Crippen LogP contribution < -0.4 is 9.47 Å². The van der Waals surface area contributed by atoms with E-state index in [9.17, 15) is 9.90 Å². The Balaban J connectivity index is 2.76. The topological polar surface area (TPSA) is 84.4 Å². The van der Waals surface area contributed by atoms with Crippen molar-refractivity contribution in [3.8, 4) is 22.6 Å². The Morgan fingerprint density at radius 2 is 1.86 bits per heavy atom. The minimum atomic E-state index is -1.02. The summed E-state index contributed by atoms with van der Waals surface area (Å²) in [6.45, 7) is 6.15. The highest BCUT2D eigenvalue weighted by atomic mass is 16.5. The molecule has 0 amide bonds. The maximum Gasteiger partial charge on any atom is 0.335 e. The number of benzene rings is 1. The molecule has 2 aromatic rings. The van der Waals surface area contributed by atoms with E-state index in [0.717, 1.165) is 11.3 Å². The van der Waals surface area contributed by atoms with Crippen LogP contribution in [0.5, 0.6) is 11.5 Å². The molecule has 0 fully saturated rings. The lowest BCUT2D eigenvalue weighted by atomic mass is 9.87. The Morgan fingerprint density at radius 1 is 1.18 bits per heavy atom. The monoisotopic (exact) mass is 304 g/mol. The Hall–Kier alpha value is -2.50. The van der Waals surface area contributed by atoms with Crippen molar-refractivity contribution in [3.05, 3.63) is 29.6 Å². The van der Waals surface area contributed by atoms with Crippen molar-refractivity contribution in [2.75, 3.05) is 14.2 Å². The SMILES string of the molecule is COc1cc(C(=O)O)cc(-c2cn[nH]c2C(C)(C)C)c1OC. The van der Waals surface area contributed by atoms with Crippen molar-refractivity contribution < 1.29 is 19.4 Å². The number of hydrogen-bond acceptors (Lipinski definition) is 4. The van der Waals surface area contributed by atoms with Crippen molar-refractivity contribution >= 4 is 5.97 Å². The van der Waals surface area contributed by atoms with Crippen LogP contribution in [0.1, 0.15) is 36.8 Å². The first-order valence-electron chi connectivity index (χ1n) is 6.83. The van der Waals surface area contributed by atoms with E-state index in [1.807, 2.05) is 0 Å². The largest absolute Gasteiger partial charge is 0.493 e. The number of nitrogens with one attached hydrogen (secondary N) is 1. The molecule has 0 atom stereocenters. The van der Waals surface area contributed by atoms with E-state index in [0.29, 0.717) is 17.1 Å². The number of aromatic amines is 1. The Bertz CT molecular complexity index is 699. The van der Waals surface area contributed by atoms with Gasteiger partial charge in [0.1, 0.15) is 0 Å². The summed E-state index contributed by atoms with van der Waals surface area (Å²) in [4.78, 5) is 11.4. The highest BCUT2D eigenvalue weighted by molar-refractivity contribution is 5.92. The van der Waals surface area contributed by atoms with E-state index in [1.54, 1.807) is 12.3 Å². The number of carboxylic acids is 1. The Labute approximate surface area is 129 Å². The average molecular weight is 304 g/mol. The number of aromatic nitrogens is 2. The van der Waals surface area contributed by atoms with Crippen LogP contribution in [0.2, 0.25) is 0 Å². The molecule has 0 aliphatic rings. The highest BCUT2D eigenvalue weighted by Crippen LogP contribution is 2.42. The van der Waals surface area contributed by atoms with Crippen LogP contribution in [0.3, 0.4) is 0 Å². The maximum atomic E-state index is 11.4. The zero-order valence-electron chi connectivity index (χ0n) is 13.4. The van der Waals surface area contributed by atoms with Gasteiger partial charge in [0.05, 0.1) is 26.0 Å². The number of H-pyrrole nitrogens is 1. The molecule has 0 unspecified atom stereocenters. The van der Waals surface area contributed by atoms with Gasteiger partial charge in [0.15, 0.2) is 11.5 Å². The third-order valence-electron chi connectivity index (χ3n) is 3.41. The number of rotatable bonds is 4. The van der Waals surface area contributed by atoms with Crippen molar-refractivity contribution in [1.29, 1.82) is 0 Å². The molecule has 6 heteroatoms. The third-order valence-corrected chi connectivity index (χ3v) is 3.41. The van der Waals surface area contributed by atoms with E-state index < -0.39 is 5.97 Å². The molecule has 1 aromatic heterocycles. The van der Waals surface area contributed by atoms with Gasteiger partial charge in [0.2, 0.25) is 0 Å². The highest BCUT2D eigenvalue weighted by Gasteiger charge is 2.25. The smallest absolute Gasteiger partial charge is 0.335 e. The summed E-state index contributed by atoms with van der Waals surface area (Å²) in [5.74, 6) is -0.166. The summed E-state index contributed by atoms with van der Waals surface area (Å²) >= 11 is 0. The lowest BCUT2D eigenvalue weighted by Crippen LogP contribution is -2.13. The summed E-state index contributed by atoms with van der Waals surface area (Å²) in [7, 11) is 3.01. The number of hydrogen-bond donors (Lipinski definition) is 2. The fraction of sp³-hybridized carbons (Fsp3) is 0.375. The normalized spacial score (nSPS) is 11.3. The number of methoxy groups -OCH3 is 2. The number of carbonyl (C=O) groups is 1. The van der Waals surface area contributed by atoms with Crippen molar-refractivity contribution in [1.82, 2.24) is 10.2 Å². The van der Waals surface area contributed by atoms with Crippen molar-refractivity contribution in [2.24, 2.45) is 0 Å². The summed E-state index contributed by atoms with van der Waals surface area (Å²) in [5, 5.41) is 16.4. The van der Waals surface area contributed by atoms with Gasteiger partial charge in [-0.15, -0.1) is 0 Å². The minimum absolute atomic E-state index is 0.133. The maximum absolute atomic E-state index is 11.4. The first kappa shape index (κ1) is 15.9. The molecule has 2 N–H and O–H groups in total. The third kappa shape index (κ3) is 2.77. The summed E-state index contributed by atoms with van der Waals surface area (Å²) in [5.41, 5.74) is 2.29. The molecule has 0 aliphatic carbocycles. The van der Waals surface area contributed by atoms with Gasteiger partial charge in [-0.1, -0.05) is 20.8 Å². The summed E-state index contributed by atoms with van der Waals surface area (Å²) in [6, 6.07) is 3.02. The van der Waals surface area contributed by atoms with Crippen LogP contribution in [0.15, 0.2) is 18.3 Å². The van der Waals surface area contributed by atoms with Gasteiger partial charge in [0.25, 0.3) is 0 Å². The molecule has 1 aromatic carbocycles. The lowest BCUT2D eigenvalue weighted by molar-refractivity contribution is 0.0696. The van der Waals surface area contributed by atoms with Crippen LogP contribution in [0, 0.1) is 0 Å².